The van der Waals surface area contributed by atoms with E-state index in [1.165, 1.54) is 19.2 Å². The zero-order valence-electron chi connectivity index (χ0n) is 20.8. The second-order valence-corrected chi connectivity index (χ2v) is 10.4. The summed E-state index contributed by atoms with van der Waals surface area (Å²) in [5.41, 5.74) is 1.87. The molecule has 1 fully saturated rings. The van der Waals surface area contributed by atoms with Gasteiger partial charge in [0.25, 0.3) is 0 Å². The molecule has 9 heteroatoms. The van der Waals surface area contributed by atoms with Crippen molar-refractivity contribution in [1.29, 1.82) is 0 Å². The van der Waals surface area contributed by atoms with Crippen molar-refractivity contribution in [3.63, 3.8) is 0 Å². The summed E-state index contributed by atoms with van der Waals surface area (Å²) in [7, 11) is -0.285. The summed E-state index contributed by atoms with van der Waals surface area (Å²) in [5.74, 6) is 0.0941. The van der Waals surface area contributed by atoms with Crippen LogP contribution in [-0.2, 0) is 14.6 Å². The second-order valence-electron chi connectivity index (χ2n) is 8.34. The first-order chi connectivity index (χ1) is 16.7. The molecule has 0 saturated carbocycles. The molecule has 0 atom stereocenters. The molecule has 1 saturated heterocycles. The molecule has 1 aliphatic heterocycles. The quantitative estimate of drug-likeness (QED) is 0.401. The van der Waals surface area contributed by atoms with E-state index in [9.17, 15) is 13.2 Å². The molecule has 2 aromatic carbocycles. The Morgan fingerprint density at radius 3 is 2.43 bits per heavy atom. The Kier molecular flexibility index (Phi) is 8.69. The minimum atomic E-state index is -3.86. The van der Waals surface area contributed by atoms with Crippen LogP contribution < -0.4 is 4.74 Å². The fraction of sp³-hybridized carbons (Fsp3) is 0.385. The number of nitrogens with zero attached hydrogens (tertiary/aromatic N) is 3. The first kappa shape index (κ1) is 26.4. The molecule has 0 N–H and O–H groups in total. The van der Waals surface area contributed by atoms with Gasteiger partial charge in [-0.2, -0.15) is 0 Å². The van der Waals surface area contributed by atoms with Crippen LogP contribution in [-0.4, -0.2) is 77.8 Å². The number of benzene rings is 2. The number of carbonyl (C=O) groups is 1. The van der Waals surface area contributed by atoms with Crippen LogP contribution in [0.25, 0.3) is 5.70 Å². The molecule has 2 aromatic rings. The van der Waals surface area contributed by atoms with Gasteiger partial charge in [0.1, 0.15) is 5.75 Å². The van der Waals surface area contributed by atoms with Crippen molar-refractivity contribution in [1.82, 2.24) is 9.80 Å². The van der Waals surface area contributed by atoms with E-state index in [0.29, 0.717) is 41.4 Å². The highest BCUT2D eigenvalue weighted by atomic mass is 32.2. The third kappa shape index (κ3) is 5.91. The number of hydrogen-bond donors (Lipinski definition) is 0. The summed E-state index contributed by atoms with van der Waals surface area (Å²) in [4.78, 5) is 21.3. The first-order valence-electron chi connectivity index (χ1n) is 11.5. The number of carbonyl (C=O) groups excluding carboxylic acids is 1. The largest absolute Gasteiger partial charge is 0.497 e. The van der Waals surface area contributed by atoms with Crippen molar-refractivity contribution in [3.8, 4) is 5.75 Å². The van der Waals surface area contributed by atoms with Crippen LogP contribution in [0.3, 0.4) is 0 Å². The topological polar surface area (TPSA) is 88.5 Å². The second kappa shape index (κ2) is 11.5. The van der Waals surface area contributed by atoms with Crippen molar-refractivity contribution < 1.29 is 22.7 Å². The lowest BCUT2D eigenvalue weighted by Gasteiger charge is -2.29. The normalized spacial score (nSPS) is 15.7. The van der Waals surface area contributed by atoms with Crippen molar-refractivity contribution in [2.75, 3.05) is 46.9 Å². The van der Waals surface area contributed by atoms with Crippen LogP contribution in [0.2, 0.25) is 0 Å². The molecule has 188 valence electrons. The minimum absolute atomic E-state index is 0.162. The van der Waals surface area contributed by atoms with Crippen LogP contribution in [0, 0.1) is 0 Å². The standard InChI is InChI=1S/C26H33N3O5S/c1-6-34-26(30)20-8-13-24(27-3)23(18-20)25(29-15-7-14-28(4)16-17-29)19(2)35(31,32)22-11-9-21(33-5)10-12-22/h8-13,18H,3,6-7,14-17H2,1-2,4-5H3/b25-19-. The number of esters is 1. The molecule has 0 unspecified atom stereocenters. The Labute approximate surface area is 207 Å². The number of ether oxygens (including phenoxy) is 2. The molecular formula is C26H33N3O5S. The van der Waals surface area contributed by atoms with Gasteiger partial charge in [-0.3, -0.25) is 4.99 Å². The molecule has 0 radical (unpaired) electrons. The Balaban J connectivity index is 2.25. The third-order valence-corrected chi connectivity index (χ3v) is 7.97. The fourth-order valence-electron chi connectivity index (χ4n) is 4.12. The van der Waals surface area contributed by atoms with Crippen molar-refractivity contribution in [2.24, 2.45) is 4.99 Å². The molecule has 0 bridgehead atoms. The van der Waals surface area contributed by atoms with Crippen LogP contribution in [0.15, 0.2) is 57.3 Å². The van der Waals surface area contributed by atoms with Gasteiger partial charge < -0.3 is 19.3 Å². The van der Waals surface area contributed by atoms with Gasteiger partial charge in [-0.05, 0) is 83.0 Å². The number of methoxy groups -OCH3 is 1. The maximum atomic E-state index is 13.8. The fourth-order valence-corrected chi connectivity index (χ4v) is 5.46. The zero-order valence-corrected chi connectivity index (χ0v) is 21.6. The van der Waals surface area contributed by atoms with Gasteiger partial charge in [0.15, 0.2) is 0 Å². The lowest BCUT2D eigenvalue weighted by Crippen LogP contribution is -2.29. The maximum absolute atomic E-state index is 13.8. The summed E-state index contributed by atoms with van der Waals surface area (Å²) in [6.45, 7) is 10.2. The van der Waals surface area contributed by atoms with Gasteiger partial charge in [0, 0.05) is 25.2 Å². The van der Waals surface area contributed by atoms with E-state index in [-0.39, 0.29) is 16.4 Å². The summed E-state index contributed by atoms with van der Waals surface area (Å²) < 4.78 is 37.9. The van der Waals surface area contributed by atoms with Crippen molar-refractivity contribution in [3.05, 3.63) is 58.5 Å². The van der Waals surface area contributed by atoms with Gasteiger partial charge in [0.05, 0.1) is 40.5 Å². The van der Waals surface area contributed by atoms with Gasteiger partial charge in [-0.1, -0.05) is 0 Å². The predicted octanol–water partition coefficient (Wildman–Crippen LogP) is 4.00. The zero-order chi connectivity index (χ0) is 25.6. The van der Waals surface area contributed by atoms with Crippen LogP contribution in [0.5, 0.6) is 5.75 Å². The van der Waals surface area contributed by atoms with E-state index in [0.717, 1.165) is 19.5 Å². The monoisotopic (exact) mass is 499 g/mol. The number of rotatable bonds is 8. The SMILES string of the molecule is C=Nc1ccc(C(=O)OCC)cc1/C(=C(\C)S(=O)(=O)c1ccc(OC)cc1)N1CCCN(C)CC1. The lowest BCUT2D eigenvalue weighted by molar-refractivity contribution is 0.0526. The minimum Gasteiger partial charge on any atom is -0.497 e. The van der Waals surface area contributed by atoms with E-state index < -0.39 is 15.8 Å². The summed E-state index contributed by atoms with van der Waals surface area (Å²) in [5, 5.41) is 0. The van der Waals surface area contributed by atoms with Crippen LogP contribution in [0.4, 0.5) is 5.69 Å². The molecule has 0 amide bonds. The average Bonchev–Trinajstić information content (AvgIpc) is 3.08. The van der Waals surface area contributed by atoms with Crippen molar-refractivity contribution >= 4 is 33.9 Å². The van der Waals surface area contributed by atoms with Gasteiger partial charge in [-0.15, -0.1) is 0 Å². The molecule has 1 heterocycles. The van der Waals surface area contributed by atoms with E-state index >= 15 is 0 Å². The first-order valence-corrected chi connectivity index (χ1v) is 13.0. The summed E-state index contributed by atoms with van der Waals surface area (Å²) in [6, 6.07) is 11.3. The highest BCUT2D eigenvalue weighted by Gasteiger charge is 2.28. The third-order valence-electron chi connectivity index (χ3n) is 6.08. The number of likely N-dealkylation sites (N-methyl/N-ethyl adjacent to an activating group) is 1. The van der Waals surface area contributed by atoms with Gasteiger partial charge in [-0.25, -0.2) is 13.2 Å². The van der Waals surface area contributed by atoms with E-state index in [2.05, 4.69) is 21.5 Å². The van der Waals surface area contributed by atoms with Crippen LogP contribution in [0.1, 0.15) is 36.2 Å². The number of aliphatic imine (C=N–C) groups is 1. The van der Waals surface area contributed by atoms with E-state index in [4.69, 9.17) is 9.47 Å². The average molecular weight is 500 g/mol. The van der Waals surface area contributed by atoms with E-state index in [1.54, 1.807) is 44.2 Å². The molecule has 8 nitrogen and oxygen atoms in total. The predicted molar refractivity (Wildman–Crippen MR) is 138 cm³/mol. The molecule has 0 spiro atoms. The van der Waals surface area contributed by atoms with Crippen LogP contribution >= 0.6 is 0 Å². The molecular weight excluding hydrogens is 466 g/mol. The van der Waals surface area contributed by atoms with Gasteiger partial charge >= 0.3 is 5.97 Å². The highest BCUT2D eigenvalue weighted by Crippen LogP contribution is 2.36. The maximum Gasteiger partial charge on any atom is 0.338 e. The van der Waals surface area contributed by atoms with Crippen molar-refractivity contribution in [2.45, 2.75) is 25.2 Å². The lowest BCUT2D eigenvalue weighted by atomic mass is 10.0. The summed E-state index contributed by atoms with van der Waals surface area (Å²) in [6.07, 6.45) is 0.865. The molecule has 1 aliphatic rings. The molecule has 0 aromatic heterocycles. The Bertz CT molecular complexity index is 1210. The molecule has 3 rings (SSSR count). The van der Waals surface area contributed by atoms with E-state index in [1.807, 2.05) is 7.05 Å². The Hall–Kier alpha value is -3.17. The number of sulfone groups is 1. The van der Waals surface area contributed by atoms with Gasteiger partial charge in [0.2, 0.25) is 9.84 Å². The molecule has 35 heavy (non-hydrogen) atoms. The Morgan fingerprint density at radius 2 is 1.80 bits per heavy atom. The number of allylic oxidation sites excluding steroid dienone is 1. The molecule has 0 aliphatic carbocycles. The highest BCUT2D eigenvalue weighted by molar-refractivity contribution is 7.95. The number of hydrogen-bond acceptors (Lipinski definition) is 8. The Morgan fingerprint density at radius 1 is 1.09 bits per heavy atom. The summed E-state index contributed by atoms with van der Waals surface area (Å²) >= 11 is 0. The smallest absolute Gasteiger partial charge is 0.338 e.